The van der Waals surface area contributed by atoms with Gasteiger partial charge in [0.15, 0.2) is 0 Å². The second-order valence-electron chi connectivity index (χ2n) is 1.82. The highest BCUT2D eigenvalue weighted by atomic mass is 15.0. The molecule has 1 heterocycles. The molecule has 0 saturated heterocycles. The molecule has 0 aromatic carbocycles. The summed E-state index contributed by atoms with van der Waals surface area (Å²) >= 11 is 0. The van der Waals surface area contributed by atoms with Crippen LogP contribution in [0.3, 0.4) is 0 Å². The Hall–Kier alpha value is -1.51. The summed E-state index contributed by atoms with van der Waals surface area (Å²) in [7, 11) is 0. The topological polar surface area (TPSA) is 50.4 Å². The maximum Gasteiger partial charge on any atom is 0.146 e. The number of aliphatic imine (C=N–C) groups is 1. The molecule has 0 aromatic heterocycles. The number of allylic oxidation sites excluding steroid dienone is 3. The lowest BCUT2D eigenvalue weighted by Crippen LogP contribution is -2.11. The minimum atomic E-state index is 0.417. The number of nitrogens with one attached hydrogen (secondary N) is 1. The molecule has 3 N–H and O–H groups in total. The molecular formula is C7H9N3. The van der Waals surface area contributed by atoms with Crippen molar-refractivity contribution in [2.75, 3.05) is 0 Å². The molecule has 3 nitrogen and oxygen atoms in total. The number of hydrogen-bond donors (Lipinski definition) is 2. The van der Waals surface area contributed by atoms with E-state index < -0.39 is 0 Å². The Labute approximate surface area is 59.6 Å². The van der Waals surface area contributed by atoms with Gasteiger partial charge in [0.2, 0.25) is 0 Å². The fourth-order valence-corrected chi connectivity index (χ4v) is 0.638. The molecule has 1 rings (SSSR count). The van der Waals surface area contributed by atoms with Crippen molar-refractivity contribution < 1.29 is 0 Å². The van der Waals surface area contributed by atoms with Gasteiger partial charge in [-0.15, -0.1) is 0 Å². The molecule has 0 atom stereocenters. The molecule has 0 unspecified atom stereocenters. The number of dihydropyridines is 1. The van der Waals surface area contributed by atoms with Gasteiger partial charge in [-0.25, -0.2) is 4.99 Å². The van der Waals surface area contributed by atoms with E-state index in [0.717, 1.165) is 5.70 Å². The van der Waals surface area contributed by atoms with Crippen molar-refractivity contribution >= 4 is 6.72 Å². The normalized spacial score (nSPS) is 20.0. The Morgan fingerprint density at radius 2 is 2.40 bits per heavy atom. The third-order valence-electron chi connectivity index (χ3n) is 1.16. The Bertz CT molecular complexity index is 223. The molecule has 0 aromatic rings. The van der Waals surface area contributed by atoms with Crippen molar-refractivity contribution in [2.24, 2.45) is 10.7 Å². The first-order valence-electron chi connectivity index (χ1n) is 2.91. The summed E-state index contributed by atoms with van der Waals surface area (Å²) in [4.78, 5) is 3.57. The highest BCUT2D eigenvalue weighted by Gasteiger charge is 1.95. The van der Waals surface area contributed by atoms with E-state index in [1.807, 2.05) is 18.2 Å². The van der Waals surface area contributed by atoms with Crippen molar-refractivity contribution in [3.63, 3.8) is 0 Å². The van der Waals surface area contributed by atoms with Gasteiger partial charge >= 0.3 is 0 Å². The van der Waals surface area contributed by atoms with Gasteiger partial charge in [-0.2, -0.15) is 0 Å². The minimum absolute atomic E-state index is 0.417. The van der Waals surface area contributed by atoms with E-state index in [2.05, 4.69) is 17.0 Å². The molecule has 10 heavy (non-hydrogen) atoms. The van der Waals surface area contributed by atoms with Crippen LogP contribution in [-0.2, 0) is 0 Å². The van der Waals surface area contributed by atoms with Crippen LogP contribution < -0.4 is 11.1 Å². The third kappa shape index (κ3) is 1.25. The zero-order chi connectivity index (χ0) is 7.40. The minimum Gasteiger partial charge on any atom is -0.382 e. The molecule has 3 heteroatoms. The molecule has 0 bridgehead atoms. The number of hydrogen-bond acceptors (Lipinski definition) is 3. The first-order valence-corrected chi connectivity index (χ1v) is 2.91. The van der Waals surface area contributed by atoms with Crippen LogP contribution in [-0.4, -0.2) is 6.72 Å². The van der Waals surface area contributed by atoms with Crippen molar-refractivity contribution in [1.82, 2.24) is 5.32 Å². The molecule has 0 amide bonds. The number of nitrogens with zero attached hydrogens (tertiary/aromatic N) is 1. The van der Waals surface area contributed by atoms with Gasteiger partial charge in [-0.1, -0.05) is 6.08 Å². The molecule has 0 fully saturated rings. The van der Waals surface area contributed by atoms with Crippen LogP contribution >= 0.6 is 0 Å². The highest BCUT2D eigenvalue weighted by Crippen LogP contribution is 2.01. The lowest BCUT2D eigenvalue weighted by atomic mass is 10.3. The summed E-state index contributed by atoms with van der Waals surface area (Å²) in [6, 6.07) is 0. The smallest absolute Gasteiger partial charge is 0.146 e. The van der Waals surface area contributed by atoms with Gasteiger partial charge in [0.1, 0.15) is 5.82 Å². The van der Waals surface area contributed by atoms with E-state index in [-0.39, 0.29) is 0 Å². The van der Waals surface area contributed by atoms with E-state index in [0.29, 0.717) is 5.82 Å². The average molecular weight is 135 g/mol. The molecule has 1 aliphatic rings. The van der Waals surface area contributed by atoms with Crippen LogP contribution in [0.5, 0.6) is 0 Å². The maximum absolute atomic E-state index is 5.45. The maximum atomic E-state index is 5.45. The van der Waals surface area contributed by atoms with Crippen LogP contribution in [0.2, 0.25) is 0 Å². The van der Waals surface area contributed by atoms with Gasteiger partial charge in [0, 0.05) is 6.20 Å². The third-order valence-corrected chi connectivity index (χ3v) is 1.16. The van der Waals surface area contributed by atoms with Crippen molar-refractivity contribution in [2.45, 2.75) is 0 Å². The quantitative estimate of drug-likeness (QED) is 0.514. The molecule has 0 spiro atoms. The Morgan fingerprint density at radius 3 is 2.90 bits per heavy atom. The van der Waals surface area contributed by atoms with Gasteiger partial charge in [-0.3, -0.25) is 0 Å². The lowest BCUT2D eigenvalue weighted by Gasteiger charge is -2.05. The summed E-state index contributed by atoms with van der Waals surface area (Å²) < 4.78 is 0. The highest BCUT2D eigenvalue weighted by molar-refractivity contribution is 5.35. The van der Waals surface area contributed by atoms with E-state index in [9.17, 15) is 0 Å². The van der Waals surface area contributed by atoms with Crippen molar-refractivity contribution in [3.05, 3.63) is 35.9 Å². The zero-order valence-corrected chi connectivity index (χ0v) is 5.54. The van der Waals surface area contributed by atoms with Crippen molar-refractivity contribution in [1.29, 1.82) is 0 Å². The molecule has 0 aliphatic carbocycles. The van der Waals surface area contributed by atoms with Crippen LogP contribution in [0.15, 0.2) is 40.9 Å². The standard InChI is InChI=1S/C7H9N3/c1-9-7(8)6-4-2-3-5-10-6/h2-5,10H,1,8H2/b7-6-. The summed E-state index contributed by atoms with van der Waals surface area (Å²) in [5.74, 6) is 0.417. The molecule has 0 saturated carbocycles. The predicted octanol–water partition coefficient (Wildman–Crippen LogP) is 0.488. The van der Waals surface area contributed by atoms with Gasteiger partial charge in [0.25, 0.3) is 0 Å². The van der Waals surface area contributed by atoms with Crippen LogP contribution in [0.25, 0.3) is 0 Å². The van der Waals surface area contributed by atoms with E-state index in [4.69, 9.17) is 5.73 Å². The predicted molar refractivity (Wildman–Crippen MR) is 42.2 cm³/mol. The average Bonchev–Trinajstić information content (AvgIpc) is 2.05. The van der Waals surface area contributed by atoms with E-state index in [1.54, 1.807) is 6.20 Å². The number of rotatable bonds is 1. The fourth-order valence-electron chi connectivity index (χ4n) is 0.638. The first kappa shape index (κ1) is 6.61. The van der Waals surface area contributed by atoms with Gasteiger partial charge in [-0.05, 0) is 18.9 Å². The fraction of sp³-hybridized carbons (Fsp3) is 0. The van der Waals surface area contributed by atoms with Crippen LogP contribution in [0.4, 0.5) is 0 Å². The number of nitrogens with two attached hydrogens (primary N) is 1. The second-order valence-corrected chi connectivity index (χ2v) is 1.82. The van der Waals surface area contributed by atoms with Gasteiger partial charge in [0.05, 0.1) is 5.70 Å². The van der Waals surface area contributed by atoms with E-state index >= 15 is 0 Å². The Balaban J connectivity index is 2.84. The largest absolute Gasteiger partial charge is 0.382 e. The van der Waals surface area contributed by atoms with E-state index in [1.165, 1.54) is 0 Å². The Kier molecular flexibility index (Phi) is 1.89. The Morgan fingerprint density at radius 1 is 1.60 bits per heavy atom. The van der Waals surface area contributed by atoms with Gasteiger partial charge < -0.3 is 11.1 Å². The SMILES string of the molecule is C=N/C(N)=C1/C=CC=CN1. The molecule has 0 radical (unpaired) electrons. The van der Waals surface area contributed by atoms with Crippen molar-refractivity contribution in [3.8, 4) is 0 Å². The first-order chi connectivity index (χ1) is 4.84. The van der Waals surface area contributed by atoms with Crippen LogP contribution in [0, 0.1) is 0 Å². The summed E-state index contributed by atoms with van der Waals surface area (Å²) in [5, 5.41) is 2.92. The summed E-state index contributed by atoms with van der Waals surface area (Å²) in [5.41, 5.74) is 6.24. The summed E-state index contributed by atoms with van der Waals surface area (Å²) in [6.07, 6.45) is 7.38. The lowest BCUT2D eigenvalue weighted by molar-refractivity contribution is 1.03. The summed E-state index contributed by atoms with van der Waals surface area (Å²) in [6.45, 7) is 3.30. The second kappa shape index (κ2) is 2.87. The molecule has 52 valence electrons. The van der Waals surface area contributed by atoms with Crippen LogP contribution in [0.1, 0.15) is 0 Å². The zero-order valence-electron chi connectivity index (χ0n) is 5.54. The monoisotopic (exact) mass is 135 g/mol. The molecular weight excluding hydrogens is 126 g/mol. The molecule has 1 aliphatic heterocycles.